The SMILES string of the molecule is CON[C@@H](Cc1ccccc1)C(=O)O.COc1ccc(C[C@H](N)C(=O)O)cc1. The highest BCUT2D eigenvalue weighted by atomic mass is 16.6. The molecule has 0 saturated heterocycles. The first kappa shape index (κ1) is 23.1. The molecule has 5 N–H and O–H groups in total. The zero-order valence-corrected chi connectivity index (χ0v) is 15.9. The van der Waals surface area contributed by atoms with Gasteiger partial charge in [0.15, 0.2) is 0 Å². The predicted octanol–water partition coefficient (Wildman–Crippen LogP) is 1.48. The van der Waals surface area contributed by atoms with Gasteiger partial charge >= 0.3 is 11.9 Å². The van der Waals surface area contributed by atoms with Crippen LogP contribution in [0.15, 0.2) is 54.6 Å². The minimum Gasteiger partial charge on any atom is -0.497 e. The van der Waals surface area contributed by atoms with Gasteiger partial charge in [0.2, 0.25) is 0 Å². The molecule has 2 rings (SSSR count). The van der Waals surface area contributed by atoms with E-state index in [1.54, 1.807) is 19.2 Å². The molecule has 8 heteroatoms. The smallest absolute Gasteiger partial charge is 0.323 e. The molecule has 152 valence electrons. The van der Waals surface area contributed by atoms with Gasteiger partial charge in [-0.15, -0.1) is 0 Å². The van der Waals surface area contributed by atoms with E-state index in [9.17, 15) is 9.59 Å². The molecule has 2 atom stereocenters. The first-order valence-electron chi connectivity index (χ1n) is 8.54. The van der Waals surface area contributed by atoms with E-state index in [1.165, 1.54) is 7.11 Å². The summed E-state index contributed by atoms with van der Waals surface area (Å²) >= 11 is 0. The number of methoxy groups -OCH3 is 1. The molecular formula is C20H26N2O6. The molecule has 2 aromatic carbocycles. The molecule has 0 aliphatic carbocycles. The van der Waals surface area contributed by atoms with Crippen molar-refractivity contribution in [2.45, 2.75) is 24.9 Å². The van der Waals surface area contributed by atoms with Crippen LogP contribution in [0.5, 0.6) is 5.75 Å². The van der Waals surface area contributed by atoms with Gasteiger partial charge < -0.3 is 25.5 Å². The van der Waals surface area contributed by atoms with E-state index in [0.29, 0.717) is 12.8 Å². The van der Waals surface area contributed by atoms with Crippen LogP contribution in [0.1, 0.15) is 11.1 Å². The zero-order chi connectivity index (χ0) is 20.9. The van der Waals surface area contributed by atoms with Crippen molar-refractivity contribution in [3.05, 3.63) is 65.7 Å². The van der Waals surface area contributed by atoms with Crippen LogP contribution in [0.3, 0.4) is 0 Å². The topological polar surface area (TPSA) is 131 Å². The molecule has 0 amide bonds. The van der Waals surface area contributed by atoms with Crippen molar-refractivity contribution in [1.82, 2.24) is 5.48 Å². The van der Waals surface area contributed by atoms with E-state index in [0.717, 1.165) is 16.9 Å². The third-order valence-electron chi connectivity index (χ3n) is 3.77. The summed E-state index contributed by atoms with van der Waals surface area (Å²) in [6.07, 6.45) is 0.739. The number of hydroxylamine groups is 1. The summed E-state index contributed by atoms with van der Waals surface area (Å²) in [5, 5.41) is 17.4. The van der Waals surface area contributed by atoms with Gasteiger partial charge in [0.25, 0.3) is 0 Å². The van der Waals surface area contributed by atoms with Crippen LogP contribution >= 0.6 is 0 Å². The average Bonchev–Trinajstić information content (AvgIpc) is 2.69. The lowest BCUT2D eigenvalue weighted by Crippen LogP contribution is -2.37. The largest absolute Gasteiger partial charge is 0.497 e. The zero-order valence-electron chi connectivity index (χ0n) is 15.9. The number of nitrogens with one attached hydrogen (secondary N) is 1. The second-order valence-electron chi connectivity index (χ2n) is 5.90. The number of hydrogen-bond donors (Lipinski definition) is 4. The van der Waals surface area contributed by atoms with E-state index in [1.807, 2.05) is 42.5 Å². The first-order chi connectivity index (χ1) is 13.4. The highest BCUT2D eigenvalue weighted by molar-refractivity contribution is 5.74. The van der Waals surface area contributed by atoms with Crippen molar-refractivity contribution in [2.24, 2.45) is 5.73 Å². The van der Waals surface area contributed by atoms with Crippen LogP contribution < -0.4 is 16.0 Å². The summed E-state index contributed by atoms with van der Waals surface area (Å²) in [7, 11) is 2.99. The van der Waals surface area contributed by atoms with Gasteiger partial charge in [-0.3, -0.25) is 9.59 Å². The number of benzene rings is 2. The van der Waals surface area contributed by atoms with Gasteiger partial charge in [-0.25, -0.2) is 0 Å². The van der Waals surface area contributed by atoms with E-state index < -0.39 is 24.0 Å². The highest BCUT2D eigenvalue weighted by Crippen LogP contribution is 2.12. The Morgan fingerprint density at radius 2 is 1.50 bits per heavy atom. The molecule has 0 aromatic heterocycles. The number of aliphatic carboxylic acids is 2. The van der Waals surface area contributed by atoms with Crippen molar-refractivity contribution in [2.75, 3.05) is 14.2 Å². The standard InChI is InChI=1S/2C10H13NO3/c1-14-8-4-2-7(3-5-8)6-9(11)10(12)13;1-14-11-9(10(12)13)7-8-5-3-2-4-6-8/h2-5,9H,6,11H2,1H3,(H,12,13);2-6,9,11H,7H2,1H3,(H,12,13)/t2*9-/m00/s1. The molecule has 0 aliphatic rings. The van der Waals surface area contributed by atoms with Gasteiger partial charge in [-0.2, -0.15) is 5.48 Å². The number of rotatable bonds is 9. The molecule has 0 heterocycles. The molecule has 2 aromatic rings. The van der Waals surface area contributed by atoms with Crippen molar-refractivity contribution >= 4 is 11.9 Å². The lowest BCUT2D eigenvalue weighted by atomic mass is 10.1. The Kier molecular flexibility index (Phi) is 10.3. The Morgan fingerprint density at radius 1 is 0.929 bits per heavy atom. The van der Waals surface area contributed by atoms with Crippen molar-refractivity contribution in [3.63, 3.8) is 0 Å². The number of carbonyl (C=O) groups is 2. The van der Waals surface area contributed by atoms with Gasteiger partial charge in [0.05, 0.1) is 14.2 Å². The van der Waals surface area contributed by atoms with Gasteiger partial charge in [-0.1, -0.05) is 42.5 Å². The number of carboxylic acid groups (broad SMARTS) is 2. The first-order valence-corrected chi connectivity index (χ1v) is 8.54. The molecule has 0 radical (unpaired) electrons. The number of nitrogens with two attached hydrogens (primary N) is 1. The number of ether oxygens (including phenoxy) is 1. The molecular weight excluding hydrogens is 364 g/mol. The lowest BCUT2D eigenvalue weighted by Gasteiger charge is -2.12. The van der Waals surface area contributed by atoms with E-state index >= 15 is 0 Å². The van der Waals surface area contributed by atoms with Crippen molar-refractivity contribution in [3.8, 4) is 5.75 Å². The molecule has 0 saturated carbocycles. The van der Waals surface area contributed by atoms with E-state index in [4.69, 9.17) is 20.7 Å². The Bertz CT molecular complexity index is 721. The van der Waals surface area contributed by atoms with Crippen LogP contribution in [0.4, 0.5) is 0 Å². The Labute approximate surface area is 163 Å². The fourth-order valence-corrected chi connectivity index (χ4v) is 2.27. The van der Waals surface area contributed by atoms with E-state index in [2.05, 4.69) is 10.3 Å². The number of hydrogen-bond acceptors (Lipinski definition) is 6. The summed E-state index contributed by atoms with van der Waals surface area (Å²) in [5.74, 6) is -1.16. The van der Waals surface area contributed by atoms with Crippen LogP contribution in [0, 0.1) is 0 Å². The molecule has 28 heavy (non-hydrogen) atoms. The predicted molar refractivity (Wildman–Crippen MR) is 104 cm³/mol. The second kappa shape index (κ2) is 12.4. The second-order valence-corrected chi connectivity index (χ2v) is 5.90. The highest BCUT2D eigenvalue weighted by Gasteiger charge is 2.16. The minimum atomic E-state index is -0.985. The monoisotopic (exact) mass is 390 g/mol. The fraction of sp³-hybridized carbons (Fsp3) is 0.300. The van der Waals surface area contributed by atoms with Gasteiger partial charge in [0, 0.05) is 6.42 Å². The molecule has 0 fully saturated rings. The third kappa shape index (κ3) is 8.63. The summed E-state index contributed by atoms with van der Waals surface area (Å²) in [4.78, 5) is 25.8. The Hall–Kier alpha value is -2.94. The Balaban J connectivity index is 0.000000280. The van der Waals surface area contributed by atoms with Crippen molar-refractivity contribution < 1.29 is 29.4 Å². The third-order valence-corrected chi connectivity index (χ3v) is 3.77. The number of carboxylic acids is 2. The van der Waals surface area contributed by atoms with Gasteiger partial charge in [-0.05, 0) is 29.7 Å². The molecule has 0 aliphatic heterocycles. The normalized spacial score (nSPS) is 12.2. The Morgan fingerprint density at radius 3 is 1.96 bits per heavy atom. The van der Waals surface area contributed by atoms with Crippen LogP contribution in [-0.2, 0) is 27.3 Å². The van der Waals surface area contributed by atoms with E-state index in [-0.39, 0.29) is 0 Å². The molecule has 0 spiro atoms. The fourth-order valence-electron chi connectivity index (χ4n) is 2.27. The van der Waals surface area contributed by atoms with Gasteiger partial charge in [0.1, 0.15) is 17.8 Å². The maximum atomic E-state index is 10.8. The maximum Gasteiger partial charge on any atom is 0.323 e. The quantitative estimate of drug-likeness (QED) is 0.474. The van der Waals surface area contributed by atoms with Crippen LogP contribution in [-0.4, -0.2) is 48.5 Å². The molecule has 0 unspecified atom stereocenters. The van der Waals surface area contributed by atoms with Crippen LogP contribution in [0.2, 0.25) is 0 Å². The summed E-state index contributed by atoms with van der Waals surface area (Å²) in [5.41, 5.74) is 9.67. The lowest BCUT2D eigenvalue weighted by molar-refractivity contribution is -0.143. The minimum absolute atomic E-state index is 0.333. The maximum absolute atomic E-state index is 10.8. The summed E-state index contributed by atoms with van der Waals surface area (Å²) in [6.45, 7) is 0. The van der Waals surface area contributed by atoms with Crippen LogP contribution in [0.25, 0.3) is 0 Å². The average molecular weight is 390 g/mol. The molecule has 8 nitrogen and oxygen atoms in total. The summed E-state index contributed by atoms with van der Waals surface area (Å²) < 4.78 is 4.97. The van der Waals surface area contributed by atoms with Crippen molar-refractivity contribution in [1.29, 1.82) is 0 Å². The summed E-state index contributed by atoms with van der Waals surface area (Å²) in [6, 6.07) is 15.0. The molecule has 0 bridgehead atoms.